The first-order valence-corrected chi connectivity index (χ1v) is 7.46. The summed E-state index contributed by atoms with van der Waals surface area (Å²) in [5.74, 6) is 0.659. The van der Waals surface area contributed by atoms with Crippen molar-refractivity contribution in [3.05, 3.63) is 0 Å². The molecule has 0 aromatic heterocycles. The highest BCUT2D eigenvalue weighted by atomic mass is 16.5. The molecule has 2 rings (SSSR count). The molecule has 18 heavy (non-hydrogen) atoms. The fourth-order valence-electron chi connectivity index (χ4n) is 3.10. The van der Waals surface area contributed by atoms with Gasteiger partial charge in [-0.1, -0.05) is 6.42 Å². The van der Waals surface area contributed by atoms with Gasteiger partial charge in [0.1, 0.15) is 0 Å². The van der Waals surface area contributed by atoms with Crippen molar-refractivity contribution >= 4 is 0 Å². The van der Waals surface area contributed by atoms with E-state index < -0.39 is 0 Å². The zero-order chi connectivity index (χ0) is 12.8. The van der Waals surface area contributed by atoms with Crippen LogP contribution in [-0.4, -0.2) is 49.6 Å². The molecule has 3 N–H and O–H groups in total. The molecule has 0 amide bonds. The van der Waals surface area contributed by atoms with Crippen molar-refractivity contribution < 1.29 is 9.84 Å². The number of nitrogens with one attached hydrogen (secondary N) is 2. The first-order valence-electron chi connectivity index (χ1n) is 7.46. The lowest BCUT2D eigenvalue weighted by molar-refractivity contribution is 0.0701. The van der Waals surface area contributed by atoms with Gasteiger partial charge in [-0.05, 0) is 45.1 Å². The normalized spacial score (nSPS) is 35.3. The number of hydrogen-bond donors (Lipinski definition) is 3. The molecule has 0 radical (unpaired) electrons. The molecule has 1 aliphatic heterocycles. The molecule has 106 valence electrons. The molecular formula is C14H28N2O2. The first-order chi connectivity index (χ1) is 8.74. The monoisotopic (exact) mass is 256 g/mol. The van der Waals surface area contributed by atoms with Crippen molar-refractivity contribution in [1.82, 2.24) is 10.6 Å². The van der Waals surface area contributed by atoms with E-state index in [1.54, 1.807) is 0 Å². The zero-order valence-corrected chi connectivity index (χ0v) is 11.5. The second kappa shape index (κ2) is 7.43. The smallest absolute Gasteiger partial charge is 0.0620 e. The van der Waals surface area contributed by atoms with Crippen LogP contribution in [0.1, 0.15) is 39.0 Å². The Morgan fingerprint density at radius 2 is 2.33 bits per heavy atom. The van der Waals surface area contributed by atoms with Crippen molar-refractivity contribution in [3.63, 3.8) is 0 Å². The number of ether oxygens (including phenoxy) is 1. The molecule has 4 atom stereocenters. The van der Waals surface area contributed by atoms with Crippen molar-refractivity contribution in [2.45, 2.75) is 57.2 Å². The lowest BCUT2D eigenvalue weighted by Crippen LogP contribution is -2.45. The van der Waals surface area contributed by atoms with E-state index in [9.17, 15) is 5.11 Å². The van der Waals surface area contributed by atoms with Gasteiger partial charge in [0.15, 0.2) is 0 Å². The van der Waals surface area contributed by atoms with Crippen LogP contribution >= 0.6 is 0 Å². The predicted molar refractivity (Wildman–Crippen MR) is 72.7 cm³/mol. The van der Waals surface area contributed by atoms with E-state index in [0.29, 0.717) is 18.0 Å². The van der Waals surface area contributed by atoms with Crippen LogP contribution in [0, 0.1) is 5.92 Å². The minimum absolute atomic E-state index is 0.0609. The molecule has 1 aliphatic carbocycles. The molecular weight excluding hydrogens is 228 g/mol. The zero-order valence-electron chi connectivity index (χ0n) is 11.5. The average Bonchev–Trinajstić information content (AvgIpc) is 2.38. The summed E-state index contributed by atoms with van der Waals surface area (Å²) in [5.41, 5.74) is 0. The molecule has 1 heterocycles. The molecule has 4 heteroatoms. The fourth-order valence-corrected chi connectivity index (χ4v) is 3.10. The fraction of sp³-hybridized carbons (Fsp3) is 1.00. The van der Waals surface area contributed by atoms with Crippen molar-refractivity contribution in [3.8, 4) is 0 Å². The van der Waals surface area contributed by atoms with Crippen LogP contribution in [0.3, 0.4) is 0 Å². The van der Waals surface area contributed by atoms with Crippen molar-refractivity contribution in [2.75, 3.05) is 26.3 Å². The number of aliphatic hydroxyl groups is 1. The third-order valence-corrected chi connectivity index (χ3v) is 4.15. The van der Waals surface area contributed by atoms with Crippen molar-refractivity contribution in [2.24, 2.45) is 5.92 Å². The van der Waals surface area contributed by atoms with E-state index >= 15 is 0 Å². The third-order valence-electron chi connectivity index (χ3n) is 4.15. The van der Waals surface area contributed by atoms with Gasteiger partial charge >= 0.3 is 0 Å². The summed E-state index contributed by atoms with van der Waals surface area (Å²) in [5, 5.41) is 16.8. The van der Waals surface area contributed by atoms with Gasteiger partial charge in [-0.2, -0.15) is 0 Å². The highest BCUT2D eigenvalue weighted by Crippen LogP contribution is 2.23. The Kier molecular flexibility index (Phi) is 5.89. The van der Waals surface area contributed by atoms with Crippen molar-refractivity contribution in [1.29, 1.82) is 0 Å². The van der Waals surface area contributed by atoms with Crippen LogP contribution in [0.15, 0.2) is 0 Å². The number of aliphatic hydroxyl groups excluding tert-OH is 1. The molecule has 0 spiro atoms. The number of hydrogen-bond acceptors (Lipinski definition) is 4. The third kappa shape index (κ3) is 4.84. The van der Waals surface area contributed by atoms with Gasteiger partial charge in [-0.25, -0.2) is 0 Å². The SMILES string of the molecule is CC(CC1COCCN1)NCC1CCCC(O)C1. The van der Waals surface area contributed by atoms with E-state index in [4.69, 9.17) is 4.74 Å². The highest BCUT2D eigenvalue weighted by molar-refractivity contribution is 4.78. The second-order valence-corrected chi connectivity index (χ2v) is 5.96. The molecule has 1 saturated heterocycles. The van der Waals surface area contributed by atoms with E-state index in [2.05, 4.69) is 17.6 Å². The summed E-state index contributed by atoms with van der Waals surface area (Å²) < 4.78 is 5.47. The van der Waals surface area contributed by atoms with Gasteiger partial charge < -0.3 is 20.5 Å². The minimum Gasteiger partial charge on any atom is -0.393 e. The maximum Gasteiger partial charge on any atom is 0.0620 e. The quantitative estimate of drug-likeness (QED) is 0.684. The Labute approximate surface area is 110 Å². The molecule has 0 aromatic carbocycles. The van der Waals surface area contributed by atoms with Crippen LogP contribution in [0.4, 0.5) is 0 Å². The number of rotatable bonds is 5. The van der Waals surface area contributed by atoms with Crippen LogP contribution in [0.25, 0.3) is 0 Å². The van der Waals surface area contributed by atoms with Crippen LogP contribution in [0.2, 0.25) is 0 Å². The summed E-state index contributed by atoms with van der Waals surface area (Å²) in [7, 11) is 0. The molecule has 4 nitrogen and oxygen atoms in total. The Bertz CT molecular complexity index is 232. The highest BCUT2D eigenvalue weighted by Gasteiger charge is 2.21. The Balaban J connectivity index is 1.60. The number of morpholine rings is 1. The lowest BCUT2D eigenvalue weighted by Gasteiger charge is -2.29. The van der Waals surface area contributed by atoms with Crippen LogP contribution in [-0.2, 0) is 4.74 Å². The van der Waals surface area contributed by atoms with E-state index in [1.165, 1.54) is 12.8 Å². The van der Waals surface area contributed by atoms with Gasteiger partial charge in [0, 0.05) is 18.6 Å². The topological polar surface area (TPSA) is 53.5 Å². The van der Waals surface area contributed by atoms with Crippen LogP contribution < -0.4 is 10.6 Å². The summed E-state index contributed by atoms with van der Waals surface area (Å²) in [6.07, 6.45) is 5.48. The average molecular weight is 256 g/mol. The lowest BCUT2D eigenvalue weighted by atomic mass is 9.87. The second-order valence-electron chi connectivity index (χ2n) is 5.96. The van der Waals surface area contributed by atoms with E-state index in [0.717, 1.165) is 45.6 Å². The van der Waals surface area contributed by atoms with Gasteiger partial charge in [0.2, 0.25) is 0 Å². The van der Waals surface area contributed by atoms with Gasteiger partial charge in [-0.3, -0.25) is 0 Å². The van der Waals surface area contributed by atoms with E-state index in [-0.39, 0.29) is 6.10 Å². The largest absolute Gasteiger partial charge is 0.393 e. The summed E-state index contributed by atoms with van der Waals surface area (Å²) in [6, 6.07) is 1.02. The Hall–Kier alpha value is -0.160. The Morgan fingerprint density at radius 3 is 3.06 bits per heavy atom. The minimum atomic E-state index is -0.0609. The molecule has 1 saturated carbocycles. The molecule has 2 aliphatic rings. The standard InChI is InChI=1S/C14H28N2O2/c1-11(7-13-10-18-6-5-15-13)16-9-12-3-2-4-14(17)8-12/h11-17H,2-10H2,1H3. The predicted octanol–water partition coefficient (Wildman–Crippen LogP) is 0.894. The molecule has 4 unspecified atom stereocenters. The maximum atomic E-state index is 9.65. The summed E-state index contributed by atoms with van der Waals surface area (Å²) in [6.45, 7) is 5.96. The molecule has 0 bridgehead atoms. The summed E-state index contributed by atoms with van der Waals surface area (Å²) in [4.78, 5) is 0. The van der Waals surface area contributed by atoms with Crippen LogP contribution in [0.5, 0.6) is 0 Å². The maximum absolute atomic E-state index is 9.65. The van der Waals surface area contributed by atoms with Gasteiger partial charge in [0.05, 0.1) is 19.3 Å². The summed E-state index contributed by atoms with van der Waals surface area (Å²) >= 11 is 0. The van der Waals surface area contributed by atoms with E-state index in [1.807, 2.05) is 0 Å². The van der Waals surface area contributed by atoms with Gasteiger partial charge in [-0.15, -0.1) is 0 Å². The van der Waals surface area contributed by atoms with Gasteiger partial charge in [0.25, 0.3) is 0 Å². The molecule has 2 fully saturated rings. The molecule has 0 aromatic rings. The first kappa shape index (κ1) is 14.3. The Morgan fingerprint density at radius 1 is 1.44 bits per heavy atom.